The molecule has 0 saturated heterocycles. The quantitative estimate of drug-likeness (QED) is 0.786. The Hall–Kier alpha value is -1.16. The molecule has 15 heavy (non-hydrogen) atoms. The summed E-state index contributed by atoms with van der Waals surface area (Å²) in [6, 6.07) is 2.65. The number of rotatable bonds is 5. The minimum atomic E-state index is 0.673. The Bertz CT molecular complexity index is 284. The molecule has 0 spiro atoms. The van der Waals surface area contributed by atoms with Gasteiger partial charge in [0.15, 0.2) is 0 Å². The lowest BCUT2D eigenvalue weighted by atomic mass is 9.91. The van der Waals surface area contributed by atoms with E-state index in [1.165, 1.54) is 19.3 Å². The standard InChI is InChI=1S/C11H18N4/c12-6-2-8-15(10-3-1-4-10)11-5-7-13-9-14-11/h5,7,9-10H,1-4,6,8,12H2. The molecule has 0 radical (unpaired) electrons. The minimum absolute atomic E-state index is 0.673. The van der Waals surface area contributed by atoms with Gasteiger partial charge >= 0.3 is 0 Å². The van der Waals surface area contributed by atoms with Gasteiger partial charge < -0.3 is 10.6 Å². The fourth-order valence-electron chi connectivity index (χ4n) is 1.90. The van der Waals surface area contributed by atoms with Crippen LogP contribution in [-0.2, 0) is 0 Å². The number of nitrogens with zero attached hydrogens (tertiary/aromatic N) is 3. The van der Waals surface area contributed by atoms with Gasteiger partial charge in [-0.05, 0) is 38.3 Å². The maximum Gasteiger partial charge on any atom is 0.132 e. The van der Waals surface area contributed by atoms with Crippen LogP contribution in [0.5, 0.6) is 0 Å². The molecule has 0 aromatic carbocycles. The zero-order valence-corrected chi connectivity index (χ0v) is 8.97. The summed E-state index contributed by atoms with van der Waals surface area (Å²) in [5, 5.41) is 0. The van der Waals surface area contributed by atoms with Gasteiger partial charge in [-0.15, -0.1) is 0 Å². The first-order valence-electron chi connectivity index (χ1n) is 5.64. The molecule has 1 aliphatic rings. The van der Waals surface area contributed by atoms with Gasteiger partial charge in [-0.25, -0.2) is 9.97 Å². The maximum atomic E-state index is 5.56. The summed E-state index contributed by atoms with van der Waals surface area (Å²) >= 11 is 0. The molecule has 1 saturated carbocycles. The molecule has 0 bridgehead atoms. The maximum absolute atomic E-state index is 5.56. The number of hydrogen-bond acceptors (Lipinski definition) is 4. The molecule has 0 atom stereocenters. The summed E-state index contributed by atoms with van der Waals surface area (Å²) in [6.45, 7) is 1.76. The van der Waals surface area contributed by atoms with Gasteiger partial charge in [-0.3, -0.25) is 0 Å². The van der Waals surface area contributed by atoms with Crippen LogP contribution in [0.1, 0.15) is 25.7 Å². The summed E-state index contributed by atoms with van der Waals surface area (Å²) in [6.07, 6.45) is 8.36. The van der Waals surface area contributed by atoms with Gasteiger partial charge in [0.1, 0.15) is 12.1 Å². The molecule has 4 heteroatoms. The number of hydrogen-bond donors (Lipinski definition) is 1. The van der Waals surface area contributed by atoms with Gasteiger partial charge in [0, 0.05) is 18.8 Å². The summed E-state index contributed by atoms with van der Waals surface area (Å²) in [5.74, 6) is 1.04. The van der Waals surface area contributed by atoms with Crippen molar-refractivity contribution in [3.05, 3.63) is 18.6 Å². The van der Waals surface area contributed by atoms with Crippen molar-refractivity contribution in [2.75, 3.05) is 18.0 Å². The lowest BCUT2D eigenvalue weighted by molar-refractivity contribution is 0.382. The van der Waals surface area contributed by atoms with E-state index in [4.69, 9.17) is 5.73 Å². The number of aromatic nitrogens is 2. The van der Waals surface area contributed by atoms with Crippen molar-refractivity contribution in [2.45, 2.75) is 31.7 Å². The first-order valence-corrected chi connectivity index (χ1v) is 5.64. The lowest BCUT2D eigenvalue weighted by Crippen LogP contribution is -2.41. The van der Waals surface area contributed by atoms with E-state index in [2.05, 4.69) is 14.9 Å². The highest BCUT2D eigenvalue weighted by molar-refractivity contribution is 5.38. The van der Waals surface area contributed by atoms with Crippen molar-refractivity contribution in [1.29, 1.82) is 0 Å². The van der Waals surface area contributed by atoms with Gasteiger partial charge in [0.25, 0.3) is 0 Å². The topological polar surface area (TPSA) is 55.0 Å². The smallest absolute Gasteiger partial charge is 0.132 e. The average Bonchev–Trinajstić information content (AvgIpc) is 2.22. The molecule has 82 valence electrons. The van der Waals surface area contributed by atoms with Gasteiger partial charge in [0.05, 0.1) is 0 Å². The Kier molecular flexibility index (Phi) is 3.50. The van der Waals surface area contributed by atoms with Crippen molar-refractivity contribution in [2.24, 2.45) is 5.73 Å². The molecule has 0 unspecified atom stereocenters. The number of anilines is 1. The molecule has 4 nitrogen and oxygen atoms in total. The molecular formula is C11H18N4. The average molecular weight is 206 g/mol. The molecule has 2 rings (SSSR count). The molecule has 1 aromatic rings. The molecule has 1 fully saturated rings. The molecule has 1 aromatic heterocycles. The third-order valence-electron chi connectivity index (χ3n) is 2.98. The zero-order valence-electron chi connectivity index (χ0n) is 8.97. The predicted molar refractivity (Wildman–Crippen MR) is 60.7 cm³/mol. The highest BCUT2D eigenvalue weighted by atomic mass is 15.2. The van der Waals surface area contributed by atoms with Crippen molar-refractivity contribution in [3.63, 3.8) is 0 Å². The van der Waals surface area contributed by atoms with E-state index in [1.807, 2.05) is 6.07 Å². The monoisotopic (exact) mass is 206 g/mol. The third kappa shape index (κ3) is 2.45. The first-order chi connectivity index (χ1) is 7.42. The SMILES string of the molecule is NCCCN(c1ccncn1)C1CCC1. The summed E-state index contributed by atoms with van der Waals surface area (Å²) < 4.78 is 0. The second-order valence-corrected chi connectivity index (χ2v) is 3.99. The first kappa shape index (κ1) is 10.4. The van der Waals surface area contributed by atoms with Crippen molar-refractivity contribution >= 4 is 5.82 Å². The molecule has 0 aliphatic heterocycles. The summed E-state index contributed by atoms with van der Waals surface area (Å²) in [7, 11) is 0. The normalized spacial score (nSPS) is 16.1. The van der Waals surface area contributed by atoms with E-state index in [0.717, 1.165) is 25.3 Å². The van der Waals surface area contributed by atoms with Crippen molar-refractivity contribution < 1.29 is 0 Å². The zero-order chi connectivity index (χ0) is 10.5. The van der Waals surface area contributed by atoms with E-state index in [0.29, 0.717) is 6.04 Å². The number of nitrogens with two attached hydrogens (primary N) is 1. The van der Waals surface area contributed by atoms with E-state index < -0.39 is 0 Å². The fraction of sp³-hybridized carbons (Fsp3) is 0.636. The summed E-state index contributed by atoms with van der Waals surface area (Å²) in [4.78, 5) is 10.6. The molecule has 1 aliphatic carbocycles. The molecule has 1 heterocycles. The Morgan fingerprint density at radius 2 is 2.33 bits per heavy atom. The highest BCUT2D eigenvalue weighted by Crippen LogP contribution is 2.28. The van der Waals surface area contributed by atoms with Crippen LogP contribution >= 0.6 is 0 Å². The van der Waals surface area contributed by atoms with Gasteiger partial charge in [0.2, 0.25) is 0 Å². The molecule has 2 N–H and O–H groups in total. The fourth-order valence-corrected chi connectivity index (χ4v) is 1.90. The van der Waals surface area contributed by atoms with Crippen LogP contribution in [0.2, 0.25) is 0 Å². The van der Waals surface area contributed by atoms with Crippen molar-refractivity contribution in [1.82, 2.24) is 9.97 Å². The van der Waals surface area contributed by atoms with Crippen LogP contribution in [0.4, 0.5) is 5.82 Å². The van der Waals surface area contributed by atoms with E-state index in [9.17, 15) is 0 Å². The van der Waals surface area contributed by atoms with Crippen LogP contribution in [0, 0.1) is 0 Å². The third-order valence-corrected chi connectivity index (χ3v) is 2.98. The van der Waals surface area contributed by atoms with E-state index >= 15 is 0 Å². The Labute approximate surface area is 90.5 Å². The second-order valence-electron chi connectivity index (χ2n) is 3.99. The highest BCUT2D eigenvalue weighted by Gasteiger charge is 2.25. The van der Waals surface area contributed by atoms with Crippen LogP contribution < -0.4 is 10.6 Å². The van der Waals surface area contributed by atoms with E-state index in [1.54, 1.807) is 12.5 Å². The minimum Gasteiger partial charge on any atom is -0.353 e. The van der Waals surface area contributed by atoms with Crippen LogP contribution in [0.25, 0.3) is 0 Å². The van der Waals surface area contributed by atoms with Crippen LogP contribution in [0.15, 0.2) is 18.6 Å². The van der Waals surface area contributed by atoms with E-state index in [-0.39, 0.29) is 0 Å². The van der Waals surface area contributed by atoms with Gasteiger partial charge in [-0.2, -0.15) is 0 Å². The Balaban J connectivity index is 2.04. The lowest BCUT2D eigenvalue weighted by Gasteiger charge is -2.38. The van der Waals surface area contributed by atoms with Crippen LogP contribution in [-0.4, -0.2) is 29.1 Å². The Morgan fingerprint density at radius 3 is 2.87 bits per heavy atom. The predicted octanol–water partition coefficient (Wildman–Crippen LogP) is 1.18. The largest absolute Gasteiger partial charge is 0.353 e. The molecule has 0 amide bonds. The van der Waals surface area contributed by atoms with Gasteiger partial charge in [-0.1, -0.05) is 0 Å². The van der Waals surface area contributed by atoms with Crippen molar-refractivity contribution in [3.8, 4) is 0 Å². The molecular weight excluding hydrogens is 188 g/mol. The second kappa shape index (κ2) is 5.07. The Morgan fingerprint density at radius 1 is 1.47 bits per heavy atom. The summed E-state index contributed by atoms with van der Waals surface area (Å²) in [5.41, 5.74) is 5.56. The van der Waals surface area contributed by atoms with Crippen LogP contribution in [0.3, 0.4) is 0 Å².